The molecule has 14 heteroatoms. The molecule has 4 aliphatic rings. The lowest BCUT2D eigenvalue weighted by atomic mass is 9.98. The Hall–Kier alpha value is -3.88. The number of carbonyl (C=O) groups is 3. The Morgan fingerprint density at radius 1 is 0.880 bits per heavy atom. The molecule has 0 bridgehead atoms. The summed E-state index contributed by atoms with van der Waals surface area (Å²) in [5.74, 6) is -0.207. The van der Waals surface area contributed by atoms with Crippen molar-refractivity contribution in [2.24, 2.45) is 0 Å². The highest BCUT2D eigenvalue weighted by atomic mass is 32.2. The summed E-state index contributed by atoms with van der Waals surface area (Å²) >= 11 is 0. The number of nitrogens with one attached hydrogen (secondary N) is 1. The zero-order valence-electron chi connectivity index (χ0n) is 29.5. The number of ether oxygens (including phenoxy) is 1. The molecular formula is C36H51N7O6S. The molecule has 4 heterocycles. The van der Waals surface area contributed by atoms with Gasteiger partial charge in [-0.3, -0.25) is 9.69 Å². The van der Waals surface area contributed by atoms with E-state index in [0.29, 0.717) is 77.4 Å². The fourth-order valence-corrected chi connectivity index (χ4v) is 8.75. The van der Waals surface area contributed by atoms with Gasteiger partial charge in [0.15, 0.2) is 6.10 Å². The van der Waals surface area contributed by atoms with E-state index in [1.807, 2.05) is 55.1 Å². The van der Waals surface area contributed by atoms with Gasteiger partial charge in [-0.1, -0.05) is 30.3 Å². The normalized spacial score (nSPS) is 20.9. The van der Waals surface area contributed by atoms with Gasteiger partial charge in [-0.15, -0.1) is 0 Å². The molecule has 272 valence electrons. The van der Waals surface area contributed by atoms with E-state index in [4.69, 9.17) is 10.5 Å². The maximum Gasteiger partial charge on any atom is 0.410 e. The molecule has 3 saturated heterocycles. The van der Waals surface area contributed by atoms with Crippen molar-refractivity contribution in [2.45, 2.75) is 70.6 Å². The summed E-state index contributed by atoms with van der Waals surface area (Å²) in [4.78, 5) is 48.5. The number of urea groups is 1. The van der Waals surface area contributed by atoms with Crippen LogP contribution in [0.4, 0.5) is 21.0 Å². The minimum absolute atomic E-state index is 0.00201. The highest BCUT2D eigenvalue weighted by Crippen LogP contribution is 2.27. The van der Waals surface area contributed by atoms with E-state index in [2.05, 4.69) is 10.2 Å². The number of hydrogen-bond acceptors (Lipinski definition) is 8. The number of piperazine rings is 1. The van der Waals surface area contributed by atoms with Gasteiger partial charge >= 0.3 is 12.1 Å². The number of benzene rings is 2. The molecular weight excluding hydrogens is 659 g/mol. The summed E-state index contributed by atoms with van der Waals surface area (Å²) in [7, 11) is -3.20. The highest BCUT2D eigenvalue weighted by Gasteiger charge is 2.37. The molecule has 3 N–H and O–H groups in total. The SMILES string of the molecule is Cc1cc(C[C@@H](OC(=O)N2CCC(N3CCc4ccccc4NC3=O)CC2)C(=O)N2CCC(N3CCN(S(C)(=O)=O)CC3)CC2)cc(C)c1N. The van der Waals surface area contributed by atoms with Gasteiger partial charge in [0.2, 0.25) is 10.0 Å². The fourth-order valence-electron chi connectivity index (χ4n) is 7.93. The Morgan fingerprint density at radius 2 is 1.48 bits per heavy atom. The minimum atomic E-state index is -3.20. The molecule has 2 aromatic rings. The third-order valence-electron chi connectivity index (χ3n) is 10.9. The van der Waals surface area contributed by atoms with E-state index in [9.17, 15) is 22.8 Å². The zero-order chi connectivity index (χ0) is 35.6. The minimum Gasteiger partial charge on any atom is -0.436 e. The summed E-state index contributed by atoms with van der Waals surface area (Å²) in [6.07, 6.45) is 3.54. The van der Waals surface area contributed by atoms with Crippen molar-refractivity contribution in [1.82, 2.24) is 23.9 Å². The number of fused-ring (bicyclic) bond motifs is 1. The molecule has 4 amide bonds. The van der Waals surface area contributed by atoms with Crippen LogP contribution >= 0.6 is 0 Å². The molecule has 6 rings (SSSR count). The van der Waals surface area contributed by atoms with Crippen LogP contribution in [0.15, 0.2) is 36.4 Å². The Balaban J connectivity index is 1.07. The van der Waals surface area contributed by atoms with E-state index >= 15 is 0 Å². The van der Waals surface area contributed by atoms with Crippen molar-refractivity contribution < 1.29 is 27.5 Å². The topological polar surface area (TPSA) is 149 Å². The van der Waals surface area contributed by atoms with E-state index in [1.165, 1.54) is 10.6 Å². The van der Waals surface area contributed by atoms with E-state index in [1.54, 1.807) is 9.80 Å². The maximum atomic E-state index is 14.1. The summed E-state index contributed by atoms with van der Waals surface area (Å²) in [6.45, 7) is 8.73. The monoisotopic (exact) mass is 709 g/mol. The number of likely N-dealkylation sites (tertiary alicyclic amines) is 2. The molecule has 0 unspecified atom stereocenters. The van der Waals surface area contributed by atoms with Crippen molar-refractivity contribution >= 4 is 39.4 Å². The molecule has 0 spiro atoms. The Bertz CT molecular complexity index is 1660. The van der Waals surface area contributed by atoms with Gasteiger partial charge < -0.3 is 30.5 Å². The van der Waals surface area contributed by atoms with E-state index in [0.717, 1.165) is 47.2 Å². The third-order valence-corrected chi connectivity index (χ3v) is 12.2. The maximum absolute atomic E-state index is 14.1. The predicted octanol–water partition coefficient (Wildman–Crippen LogP) is 3.06. The van der Waals surface area contributed by atoms with E-state index in [-0.39, 0.29) is 30.4 Å². The Morgan fingerprint density at radius 3 is 2.12 bits per heavy atom. The molecule has 0 aliphatic carbocycles. The Labute approximate surface area is 295 Å². The number of para-hydroxylation sites is 1. The summed E-state index contributed by atoms with van der Waals surface area (Å²) < 4.78 is 31.5. The standard InChI is InChI=1S/C36H51N7O6S/c1-25-22-27(23-26(2)33(25)37)24-32(34(44)40-13-9-29(10-14-40)39-18-20-42(21-19-39)50(3,47)48)49-36(46)41-15-11-30(12-16-41)43-17-8-28-6-4-5-7-31(28)38-35(43)45/h4-7,22-23,29-30,32H,8-21,24,37H2,1-3H3,(H,38,45)/t32-/m1/s1. The van der Waals surface area contributed by atoms with E-state index < -0.39 is 22.2 Å². The lowest BCUT2D eigenvalue weighted by molar-refractivity contribution is -0.142. The van der Waals surface area contributed by atoms with Crippen LogP contribution in [0.25, 0.3) is 0 Å². The van der Waals surface area contributed by atoms with Gasteiger partial charge in [0, 0.05) is 88.8 Å². The lowest BCUT2D eigenvalue weighted by Gasteiger charge is -2.42. The number of nitrogens with zero attached hydrogens (tertiary/aromatic N) is 5. The molecule has 1 atom stereocenters. The van der Waals surface area contributed by atoms with Crippen LogP contribution in [0, 0.1) is 13.8 Å². The number of amides is 4. The molecule has 2 aromatic carbocycles. The number of piperidine rings is 2. The molecule has 0 saturated carbocycles. The quantitative estimate of drug-likeness (QED) is 0.417. The summed E-state index contributed by atoms with van der Waals surface area (Å²) in [6, 6.07) is 11.9. The van der Waals surface area contributed by atoms with Crippen molar-refractivity contribution in [3.8, 4) is 0 Å². The molecule has 3 fully saturated rings. The van der Waals surface area contributed by atoms with Crippen LogP contribution in [0.2, 0.25) is 0 Å². The van der Waals surface area contributed by atoms with Gasteiger partial charge in [-0.2, -0.15) is 4.31 Å². The van der Waals surface area contributed by atoms with Crippen LogP contribution in [-0.4, -0.2) is 134 Å². The van der Waals surface area contributed by atoms with Crippen molar-refractivity contribution in [3.63, 3.8) is 0 Å². The smallest absolute Gasteiger partial charge is 0.410 e. The first-order chi connectivity index (χ1) is 23.9. The number of hydrogen-bond donors (Lipinski definition) is 2. The van der Waals surface area contributed by atoms with Gasteiger partial charge in [0.05, 0.1) is 6.26 Å². The van der Waals surface area contributed by atoms with Crippen molar-refractivity contribution in [2.75, 3.05) is 76.2 Å². The van der Waals surface area contributed by atoms with Crippen molar-refractivity contribution in [1.29, 1.82) is 0 Å². The van der Waals surface area contributed by atoms with Crippen LogP contribution in [0.3, 0.4) is 0 Å². The molecule has 0 aromatic heterocycles. The second-order valence-electron chi connectivity index (χ2n) is 14.2. The summed E-state index contributed by atoms with van der Waals surface area (Å²) in [5.41, 5.74) is 11.6. The van der Waals surface area contributed by atoms with Gasteiger partial charge in [-0.05, 0) is 74.3 Å². The van der Waals surface area contributed by atoms with Crippen molar-refractivity contribution in [3.05, 3.63) is 58.7 Å². The largest absolute Gasteiger partial charge is 0.436 e. The average Bonchev–Trinajstić information content (AvgIpc) is 3.27. The lowest BCUT2D eigenvalue weighted by Crippen LogP contribution is -2.55. The Kier molecular flexibility index (Phi) is 10.9. The number of nitrogen functional groups attached to an aromatic ring is 1. The number of carbonyl (C=O) groups excluding carboxylic acids is 3. The highest BCUT2D eigenvalue weighted by molar-refractivity contribution is 7.88. The predicted molar refractivity (Wildman–Crippen MR) is 192 cm³/mol. The van der Waals surface area contributed by atoms with Crippen LogP contribution in [0.1, 0.15) is 47.9 Å². The van der Waals surface area contributed by atoms with Crippen LogP contribution in [-0.2, 0) is 32.4 Å². The molecule has 4 aliphatic heterocycles. The fraction of sp³-hybridized carbons (Fsp3) is 0.583. The first kappa shape index (κ1) is 35.9. The third kappa shape index (κ3) is 8.18. The van der Waals surface area contributed by atoms with Gasteiger partial charge in [-0.25, -0.2) is 18.0 Å². The summed E-state index contributed by atoms with van der Waals surface area (Å²) in [5, 5.41) is 3.04. The average molecular weight is 710 g/mol. The molecule has 13 nitrogen and oxygen atoms in total. The zero-order valence-corrected chi connectivity index (χ0v) is 30.3. The number of aryl methyl sites for hydroxylation is 2. The first-order valence-electron chi connectivity index (χ1n) is 17.8. The van der Waals surface area contributed by atoms with Gasteiger partial charge in [0.1, 0.15) is 0 Å². The number of anilines is 2. The van der Waals surface area contributed by atoms with Gasteiger partial charge in [0.25, 0.3) is 5.91 Å². The number of rotatable bonds is 7. The number of nitrogens with two attached hydrogens (primary N) is 1. The molecule has 0 radical (unpaired) electrons. The molecule has 50 heavy (non-hydrogen) atoms. The van der Waals surface area contributed by atoms with Crippen LogP contribution < -0.4 is 11.1 Å². The second-order valence-corrected chi connectivity index (χ2v) is 16.2. The van der Waals surface area contributed by atoms with Crippen LogP contribution in [0.5, 0.6) is 0 Å². The number of sulfonamides is 1. The second kappa shape index (κ2) is 15.2. The first-order valence-corrected chi connectivity index (χ1v) is 19.7.